The van der Waals surface area contributed by atoms with Gasteiger partial charge in [0.15, 0.2) is 0 Å². The molecule has 0 aliphatic rings. The Bertz CT molecular complexity index is 162. The average molecular weight is 230 g/mol. The van der Waals surface area contributed by atoms with Gasteiger partial charge in [-0.15, -0.1) is 0 Å². The summed E-state index contributed by atoms with van der Waals surface area (Å²) in [5.41, 5.74) is 5.61. The Kier molecular flexibility index (Phi) is 7.98. The van der Waals surface area contributed by atoms with Crippen molar-refractivity contribution in [3.05, 3.63) is 0 Å². The fraction of sp³-hybridized carbons (Fsp3) is 1.00. The second-order valence-corrected chi connectivity index (χ2v) is 5.26. The molecule has 0 bridgehead atoms. The van der Waals surface area contributed by atoms with Crippen LogP contribution in [0.4, 0.5) is 0 Å². The summed E-state index contributed by atoms with van der Waals surface area (Å²) < 4.78 is 5.76. The van der Waals surface area contributed by atoms with Crippen molar-refractivity contribution in [1.29, 1.82) is 0 Å². The summed E-state index contributed by atoms with van der Waals surface area (Å²) in [5.74, 6) is 0. The lowest BCUT2D eigenvalue weighted by Gasteiger charge is -2.31. The third-order valence-electron chi connectivity index (χ3n) is 2.79. The molecule has 0 amide bonds. The zero-order valence-electron chi connectivity index (χ0n) is 11.8. The standard InChI is InChI=1S/C13H30N2O/c1-6-12(7-2)15(9-8-14)10-11-16-13(3,4)5/h12H,6-11,14H2,1-5H3. The molecule has 0 saturated heterocycles. The van der Waals surface area contributed by atoms with E-state index in [4.69, 9.17) is 10.5 Å². The number of nitrogens with two attached hydrogens (primary N) is 1. The van der Waals surface area contributed by atoms with Gasteiger partial charge in [-0.05, 0) is 33.6 Å². The van der Waals surface area contributed by atoms with Crippen LogP contribution in [-0.4, -0.2) is 42.8 Å². The van der Waals surface area contributed by atoms with Crippen LogP contribution in [-0.2, 0) is 4.74 Å². The van der Waals surface area contributed by atoms with Crippen LogP contribution in [0.5, 0.6) is 0 Å². The lowest BCUT2D eigenvalue weighted by molar-refractivity contribution is -0.0177. The molecule has 0 aromatic carbocycles. The first-order chi connectivity index (χ1) is 7.44. The van der Waals surface area contributed by atoms with Gasteiger partial charge in [0.05, 0.1) is 12.2 Å². The van der Waals surface area contributed by atoms with Crippen molar-refractivity contribution in [3.8, 4) is 0 Å². The van der Waals surface area contributed by atoms with Crippen molar-refractivity contribution in [1.82, 2.24) is 4.90 Å². The molecule has 98 valence electrons. The number of hydrogen-bond acceptors (Lipinski definition) is 3. The van der Waals surface area contributed by atoms with Gasteiger partial charge in [0, 0.05) is 25.7 Å². The summed E-state index contributed by atoms with van der Waals surface area (Å²) in [7, 11) is 0. The lowest BCUT2D eigenvalue weighted by atomic mass is 10.1. The fourth-order valence-electron chi connectivity index (χ4n) is 1.92. The molecule has 0 aliphatic carbocycles. The predicted molar refractivity (Wildman–Crippen MR) is 70.7 cm³/mol. The van der Waals surface area contributed by atoms with Gasteiger partial charge in [-0.3, -0.25) is 4.90 Å². The largest absolute Gasteiger partial charge is 0.375 e. The molecule has 0 saturated carbocycles. The van der Waals surface area contributed by atoms with E-state index >= 15 is 0 Å². The Labute approximate surface area is 101 Å². The Hall–Kier alpha value is -0.120. The highest BCUT2D eigenvalue weighted by Gasteiger charge is 2.16. The molecule has 0 aromatic heterocycles. The van der Waals surface area contributed by atoms with Crippen molar-refractivity contribution in [3.63, 3.8) is 0 Å². The SMILES string of the molecule is CCC(CC)N(CCN)CCOC(C)(C)C. The van der Waals surface area contributed by atoms with E-state index in [2.05, 4.69) is 39.5 Å². The smallest absolute Gasteiger partial charge is 0.0600 e. The van der Waals surface area contributed by atoms with Crippen LogP contribution in [0.25, 0.3) is 0 Å². The van der Waals surface area contributed by atoms with Crippen LogP contribution < -0.4 is 5.73 Å². The summed E-state index contributed by atoms with van der Waals surface area (Å²) in [6, 6.07) is 0.645. The van der Waals surface area contributed by atoms with Crippen LogP contribution in [0, 0.1) is 0 Å². The lowest BCUT2D eigenvalue weighted by Crippen LogP contribution is -2.41. The molecule has 0 aliphatic heterocycles. The molecule has 0 fully saturated rings. The normalized spacial score (nSPS) is 12.8. The molecule has 0 radical (unpaired) electrons. The fourth-order valence-corrected chi connectivity index (χ4v) is 1.92. The molecule has 0 rings (SSSR count). The van der Waals surface area contributed by atoms with Crippen LogP contribution in [0.2, 0.25) is 0 Å². The van der Waals surface area contributed by atoms with Gasteiger partial charge >= 0.3 is 0 Å². The van der Waals surface area contributed by atoms with Crippen molar-refractivity contribution in [2.24, 2.45) is 5.73 Å². The van der Waals surface area contributed by atoms with Crippen LogP contribution in [0.15, 0.2) is 0 Å². The highest BCUT2D eigenvalue weighted by molar-refractivity contribution is 4.70. The second kappa shape index (κ2) is 8.04. The summed E-state index contributed by atoms with van der Waals surface area (Å²) in [6.07, 6.45) is 2.37. The van der Waals surface area contributed by atoms with Gasteiger partial charge in [-0.2, -0.15) is 0 Å². The van der Waals surface area contributed by atoms with E-state index in [0.717, 1.165) is 26.2 Å². The van der Waals surface area contributed by atoms with Gasteiger partial charge in [-0.25, -0.2) is 0 Å². The molecule has 0 aromatic rings. The minimum Gasteiger partial charge on any atom is -0.375 e. The van der Waals surface area contributed by atoms with Crippen molar-refractivity contribution in [2.75, 3.05) is 26.2 Å². The van der Waals surface area contributed by atoms with E-state index in [0.29, 0.717) is 6.04 Å². The molecule has 3 heteroatoms. The first-order valence-corrected chi connectivity index (χ1v) is 6.52. The topological polar surface area (TPSA) is 38.5 Å². The highest BCUT2D eigenvalue weighted by atomic mass is 16.5. The maximum Gasteiger partial charge on any atom is 0.0600 e. The van der Waals surface area contributed by atoms with Gasteiger partial charge in [0.25, 0.3) is 0 Å². The first kappa shape index (κ1) is 15.9. The Balaban J connectivity index is 4.02. The summed E-state index contributed by atoms with van der Waals surface area (Å²) in [5, 5.41) is 0. The molecule has 0 unspecified atom stereocenters. The van der Waals surface area contributed by atoms with Crippen LogP contribution in [0.3, 0.4) is 0 Å². The molecule has 2 N–H and O–H groups in total. The van der Waals surface area contributed by atoms with E-state index in [1.54, 1.807) is 0 Å². The van der Waals surface area contributed by atoms with Gasteiger partial charge in [-0.1, -0.05) is 13.8 Å². The summed E-state index contributed by atoms with van der Waals surface area (Å²) in [4.78, 5) is 2.45. The zero-order valence-corrected chi connectivity index (χ0v) is 11.8. The molecular weight excluding hydrogens is 200 g/mol. The number of nitrogens with zero attached hydrogens (tertiary/aromatic N) is 1. The molecule has 0 atom stereocenters. The van der Waals surface area contributed by atoms with Gasteiger partial charge in [0.1, 0.15) is 0 Å². The van der Waals surface area contributed by atoms with E-state index in [1.807, 2.05) is 0 Å². The van der Waals surface area contributed by atoms with Crippen LogP contribution in [0.1, 0.15) is 47.5 Å². The van der Waals surface area contributed by atoms with E-state index in [-0.39, 0.29) is 5.60 Å². The molecule has 3 nitrogen and oxygen atoms in total. The van der Waals surface area contributed by atoms with Crippen molar-refractivity contribution in [2.45, 2.75) is 59.1 Å². The number of ether oxygens (including phenoxy) is 1. The monoisotopic (exact) mass is 230 g/mol. The quantitative estimate of drug-likeness (QED) is 0.695. The van der Waals surface area contributed by atoms with E-state index < -0.39 is 0 Å². The van der Waals surface area contributed by atoms with Crippen LogP contribution >= 0.6 is 0 Å². The molecule has 0 heterocycles. The van der Waals surface area contributed by atoms with Gasteiger partial charge < -0.3 is 10.5 Å². The number of hydrogen-bond donors (Lipinski definition) is 1. The first-order valence-electron chi connectivity index (χ1n) is 6.52. The minimum absolute atomic E-state index is 0.0394. The summed E-state index contributed by atoms with van der Waals surface area (Å²) in [6.45, 7) is 14.2. The third kappa shape index (κ3) is 7.20. The molecule has 0 spiro atoms. The maximum atomic E-state index is 5.76. The second-order valence-electron chi connectivity index (χ2n) is 5.26. The van der Waals surface area contributed by atoms with Crippen molar-refractivity contribution >= 4 is 0 Å². The average Bonchev–Trinajstić information content (AvgIpc) is 2.17. The van der Waals surface area contributed by atoms with Crippen molar-refractivity contribution < 1.29 is 4.74 Å². The minimum atomic E-state index is -0.0394. The Morgan fingerprint density at radius 1 is 1.12 bits per heavy atom. The predicted octanol–water partition coefficient (Wildman–Crippen LogP) is 2.25. The highest BCUT2D eigenvalue weighted by Crippen LogP contribution is 2.10. The summed E-state index contributed by atoms with van der Waals surface area (Å²) >= 11 is 0. The zero-order chi connectivity index (χ0) is 12.6. The molecular formula is C13H30N2O. The molecule has 16 heavy (non-hydrogen) atoms. The Morgan fingerprint density at radius 3 is 2.06 bits per heavy atom. The van der Waals surface area contributed by atoms with E-state index in [9.17, 15) is 0 Å². The third-order valence-corrected chi connectivity index (χ3v) is 2.79. The number of rotatable bonds is 8. The van der Waals surface area contributed by atoms with Gasteiger partial charge in [0.2, 0.25) is 0 Å². The Morgan fingerprint density at radius 2 is 1.69 bits per heavy atom. The maximum absolute atomic E-state index is 5.76. The van der Waals surface area contributed by atoms with E-state index in [1.165, 1.54) is 12.8 Å².